The first-order chi connectivity index (χ1) is 7.97. The van der Waals surface area contributed by atoms with Crippen molar-refractivity contribution < 1.29 is 9.90 Å². The van der Waals surface area contributed by atoms with E-state index in [1.165, 1.54) is 6.42 Å². The van der Waals surface area contributed by atoms with E-state index >= 15 is 0 Å². The number of hydrogen-bond donors (Lipinski definition) is 2. The van der Waals surface area contributed by atoms with Crippen LogP contribution >= 0.6 is 11.8 Å². The Kier molecular flexibility index (Phi) is 5.80. The molecule has 0 aromatic heterocycles. The lowest BCUT2D eigenvalue weighted by Gasteiger charge is -2.39. The standard InChI is InChI=1S/C13H25NO2S/c1-10(2)17-8-12(16)14-13(9-15)6-4-5-11(3)7-13/h10-11,15H,4-9H2,1-3H3,(H,14,16). The van der Waals surface area contributed by atoms with Crippen LogP contribution in [0.3, 0.4) is 0 Å². The third kappa shape index (κ3) is 4.88. The van der Waals surface area contributed by atoms with Crippen LogP contribution in [0.4, 0.5) is 0 Å². The van der Waals surface area contributed by atoms with Gasteiger partial charge in [0.1, 0.15) is 0 Å². The van der Waals surface area contributed by atoms with Gasteiger partial charge in [0.05, 0.1) is 17.9 Å². The van der Waals surface area contributed by atoms with Gasteiger partial charge in [-0.15, -0.1) is 11.8 Å². The summed E-state index contributed by atoms with van der Waals surface area (Å²) < 4.78 is 0. The van der Waals surface area contributed by atoms with Crippen LogP contribution in [0.2, 0.25) is 0 Å². The Balaban J connectivity index is 2.47. The first-order valence-electron chi connectivity index (χ1n) is 6.51. The van der Waals surface area contributed by atoms with Crippen molar-refractivity contribution in [3.8, 4) is 0 Å². The molecule has 2 N–H and O–H groups in total. The molecular formula is C13H25NO2S. The number of hydrogen-bond acceptors (Lipinski definition) is 3. The molecule has 1 aliphatic carbocycles. The number of aliphatic hydroxyl groups is 1. The smallest absolute Gasteiger partial charge is 0.230 e. The lowest BCUT2D eigenvalue weighted by Crippen LogP contribution is -2.54. The second-order valence-electron chi connectivity index (χ2n) is 5.55. The molecule has 0 saturated heterocycles. The van der Waals surface area contributed by atoms with E-state index in [9.17, 15) is 9.90 Å². The summed E-state index contributed by atoms with van der Waals surface area (Å²) in [7, 11) is 0. The van der Waals surface area contributed by atoms with Crippen LogP contribution in [0, 0.1) is 5.92 Å². The van der Waals surface area contributed by atoms with E-state index in [-0.39, 0.29) is 18.1 Å². The Morgan fingerprint density at radius 3 is 2.82 bits per heavy atom. The van der Waals surface area contributed by atoms with Crippen molar-refractivity contribution in [3.05, 3.63) is 0 Å². The van der Waals surface area contributed by atoms with Gasteiger partial charge in [-0.05, 0) is 24.0 Å². The minimum Gasteiger partial charge on any atom is -0.394 e. The number of nitrogens with one attached hydrogen (secondary N) is 1. The van der Waals surface area contributed by atoms with Crippen molar-refractivity contribution in [2.75, 3.05) is 12.4 Å². The van der Waals surface area contributed by atoms with Gasteiger partial charge in [0.15, 0.2) is 0 Å². The molecule has 2 atom stereocenters. The Morgan fingerprint density at radius 1 is 1.59 bits per heavy atom. The Morgan fingerprint density at radius 2 is 2.29 bits per heavy atom. The van der Waals surface area contributed by atoms with E-state index in [1.54, 1.807) is 11.8 Å². The van der Waals surface area contributed by atoms with Gasteiger partial charge in [0, 0.05) is 0 Å². The van der Waals surface area contributed by atoms with Gasteiger partial charge in [0.25, 0.3) is 0 Å². The molecular weight excluding hydrogens is 234 g/mol. The Labute approximate surface area is 109 Å². The molecule has 0 aromatic carbocycles. The predicted octanol–water partition coefficient (Wildman–Crippen LogP) is 2.19. The fourth-order valence-electron chi connectivity index (χ4n) is 2.53. The maximum Gasteiger partial charge on any atom is 0.230 e. The molecule has 0 aliphatic heterocycles. The van der Waals surface area contributed by atoms with Gasteiger partial charge in [-0.2, -0.15) is 0 Å². The lowest BCUT2D eigenvalue weighted by atomic mass is 9.77. The molecule has 1 saturated carbocycles. The maximum absolute atomic E-state index is 11.8. The third-order valence-electron chi connectivity index (χ3n) is 3.35. The predicted molar refractivity (Wildman–Crippen MR) is 73.2 cm³/mol. The van der Waals surface area contributed by atoms with E-state index in [2.05, 4.69) is 26.1 Å². The summed E-state index contributed by atoms with van der Waals surface area (Å²) in [4.78, 5) is 11.8. The molecule has 2 unspecified atom stereocenters. The fraction of sp³-hybridized carbons (Fsp3) is 0.923. The van der Waals surface area contributed by atoms with Gasteiger partial charge in [-0.3, -0.25) is 4.79 Å². The first-order valence-corrected chi connectivity index (χ1v) is 7.56. The highest BCUT2D eigenvalue weighted by Gasteiger charge is 2.35. The number of aliphatic hydroxyl groups excluding tert-OH is 1. The summed E-state index contributed by atoms with van der Waals surface area (Å²) in [6.45, 7) is 6.43. The van der Waals surface area contributed by atoms with Gasteiger partial charge in [0.2, 0.25) is 5.91 Å². The molecule has 3 nitrogen and oxygen atoms in total. The van der Waals surface area contributed by atoms with Gasteiger partial charge >= 0.3 is 0 Å². The zero-order valence-corrected chi connectivity index (χ0v) is 12.0. The Hall–Kier alpha value is -0.220. The minimum absolute atomic E-state index is 0.0619. The summed E-state index contributed by atoms with van der Waals surface area (Å²) in [5, 5.41) is 13.1. The SMILES string of the molecule is CC1CCCC(CO)(NC(=O)CSC(C)C)C1. The topological polar surface area (TPSA) is 49.3 Å². The zero-order chi connectivity index (χ0) is 12.9. The molecule has 1 amide bonds. The van der Waals surface area contributed by atoms with E-state index in [4.69, 9.17) is 0 Å². The summed E-state index contributed by atoms with van der Waals surface area (Å²) in [6.07, 6.45) is 4.12. The summed E-state index contributed by atoms with van der Waals surface area (Å²) in [5.74, 6) is 1.15. The van der Waals surface area contributed by atoms with Gasteiger partial charge < -0.3 is 10.4 Å². The monoisotopic (exact) mass is 259 g/mol. The van der Waals surface area contributed by atoms with E-state index in [0.29, 0.717) is 16.9 Å². The molecule has 0 bridgehead atoms. The van der Waals surface area contributed by atoms with Crippen LogP contribution in [0.15, 0.2) is 0 Å². The van der Waals surface area contributed by atoms with Crippen molar-refractivity contribution in [3.63, 3.8) is 0 Å². The zero-order valence-electron chi connectivity index (χ0n) is 11.2. The molecule has 1 fully saturated rings. The van der Waals surface area contributed by atoms with E-state index in [0.717, 1.165) is 19.3 Å². The lowest BCUT2D eigenvalue weighted by molar-refractivity contribution is -0.121. The van der Waals surface area contributed by atoms with Crippen LogP contribution in [0.25, 0.3) is 0 Å². The number of carbonyl (C=O) groups is 1. The van der Waals surface area contributed by atoms with Crippen LogP contribution in [0.5, 0.6) is 0 Å². The molecule has 0 heterocycles. The quantitative estimate of drug-likeness (QED) is 0.795. The number of carbonyl (C=O) groups excluding carboxylic acids is 1. The van der Waals surface area contributed by atoms with E-state index in [1.807, 2.05) is 0 Å². The average molecular weight is 259 g/mol. The van der Waals surface area contributed by atoms with Crippen molar-refractivity contribution in [1.29, 1.82) is 0 Å². The first kappa shape index (κ1) is 14.8. The molecule has 100 valence electrons. The average Bonchev–Trinajstić information content (AvgIpc) is 2.26. The maximum atomic E-state index is 11.8. The largest absolute Gasteiger partial charge is 0.394 e. The molecule has 4 heteroatoms. The molecule has 1 aliphatic rings. The molecule has 0 aromatic rings. The summed E-state index contributed by atoms with van der Waals surface area (Å²) >= 11 is 1.64. The third-order valence-corrected chi connectivity index (χ3v) is 4.44. The Bertz CT molecular complexity index is 258. The van der Waals surface area contributed by atoms with Crippen molar-refractivity contribution in [1.82, 2.24) is 5.32 Å². The number of thioether (sulfide) groups is 1. The van der Waals surface area contributed by atoms with Gasteiger partial charge in [-0.1, -0.05) is 33.6 Å². The highest BCUT2D eigenvalue weighted by atomic mass is 32.2. The molecule has 0 radical (unpaired) electrons. The van der Waals surface area contributed by atoms with Crippen LogP contribution in [-0.2, 0) is 4.79 Å². The highest BCUT2D eigenvalue weighted by Crippen LogP contribution is 2.32. The van der Waals surface area contributed by atoms with Crippen LogP contribution in [0.1, 0.15) is 46.5 Å². The molecule has 17 heavy (non-hydrogen) atoms. The van der Waals surface area contributed by atoms with Gasteiger partial charge in [-0.25, -0.2) is 0 Å². The van der Waals surface area contributed by atoms with Crippen molar-refractivity contribution in [2.24, 2.45) is 5.92 Å². The summed E-state index contributed by atoms with van der Waals surface area (Å²) in [5.41, 5.74) is -0.355. The summed E-state index contributed by atoms with van der Waals surface area (Å²) in [6, 6.07) is 0. The number of amides is 1. The normalized spacial score (nSPS) is 29.4. The second-order valence-corrected chi connectivity index (χ2v) is 7.11. The van der Waals surface area contributed by atoms with E-state index < -0.39 is 0 Å². The number of rotatable bonds is 5. The highest BCUT2D eigenvalue weighted by molar-refractivity contribution is 8.00. The van der Waals surface area contributed by atoms with Crippen LogP contribution in [-0.4, -0.2) is 34.2 Å². The molecule has 1 rings (SSSR count). The second kappa shape index (κ2) is 6.64. The molecule has 0 spiro atoms. The van der Waals surface area contributed by atoms with Crippen LogP contribution < -0.4 is 5.32 Å². The minimum atomic E-state index is -0.355. The fourth-order valence-corrected chi connectivity index (χ4v) is 3.09. The van der Waals surface area contributed by atoms with Crippen molar-refractivity contribution >= 4 is 17.7 Å². The van der Waals surface area contributed by atoms with Crippen molar-refractivity contribution in [2.45, 2.75) is 57.2 Å².